The number of carbonyl (C=O) groups excluding carboxylic acids is 3. The summed E-state index contributed by atoms with van der Waals surface area (Å²) in [5.41, 5.74) is 8.05. The third-order valence-electron chi connectivity index (χ3n) is 4.76. The SMILES string of the molecule is CCOC(CN(C(=O)NCC(=O)Nc1ccc(C(=O)OC)cc1)c1ccc(CN)cc1)OCC. The van der Waals surface area contributed by atoms with E-state index in [-0.39, 0.29) is 13.1 Å². The van der Waals surface area contributed by atoms with Crippen LogP contribution in [-0.2, 0) is 25.5 Å². The van der Waals surface area contributed by atoms with Crippen molar-refractivity contribution < 1.29 is 28.6 Å². The number of esters is 1. The molecule has 2 aromatic rings. The normalized spacial score (nSPS) is 10.6. The third-order valence-corrected chi connectivity index (χ3v) is 4.76. The van der Waals surface area contributed by atoms with Crippen LogP contribution in [0, 0.1) is 0 Å². The lowest BCUT2D eigenvalue weighted by atomic mass is 10.2. The van der Waals surface area contributed by atoms with Gasteiger partial charge in [0.2, 0.25) is 5.91 Å². The van der Waals surface area contributed by atoms with Gasteiger partial charge in [-0.15, -0.1) is 0 Å². The maximum absolute atomic E-state index is 13.0. The molecule has 0 heterocycles. The summed E-state index contributed by atoms with van der Waals surface area (Å²) in [6, 6.07) is 13.0. The van der Waals surface area contributed by atoms with Gasteiger partial charge in [-0.2, -0.15) is 0 Å². The number of nitrogens with zero attached hydrogens (tertiary/aromatic N) is 1. The molecule has 0 aliphatic heterocycles. The fourth-order valence-corrected chi connectivity index (χ4v) is 3.06. The van der Waals surface area contributed by atoms with E-state index in [0.717, 1.165) is 5.56 Å². The number of ether oxygens (including phenoxy) is 3. The van der Waals surface area contributed by atoms with E-state index in [2.05, 4.69) is 15.4 Å². The molecule has 0 spiro atoms. The zero-order valence-corrected chi connectivity index (χ0v) is 19.7. The highest BCUT2D eigenvalue weighted by Gasteiger charge is 2.22. The van der Waals surface area contributed by atoms with Gasteiger partial charge in [0.05, 0.1) is 25.8 Å². The summed E-state index contributed by atoms with van der Waals surface area (Å²) in [5.74, 6) is -0.897. The minimum atomic E-state index is -0.628. The molecule has 10 heteroatoms. The van der Waals surface area contributed by atoms with Crippen molar-refractivity contribution in [3.63, 3.8) is 0 Å². The number of methoxy groups -OCH3 is 1. The van der Waals surface area contributed by atoms with E-state index in [1.165, 1.54) is 24.1 Å². The Labute approximate surface area is 199 Å². The molecule has 2 aromatic carbocycles. The Kier molecular flexibility index (Phi) is 11.0. The summed E-state index contributed by atoms with van der Waals surface area (Å²) in [7, 11) is 1.29. The molecule has 0 aliphatic carbocycles. The van der Waals surface area contributed by atoms with Gasteiger partial charge >= 0.3 is 12.0 Å². The number of benzene rings is 2. The second-order valence-electron chi connectivity index (χ2n) is 7.10. The molecule has 3 amide bonds. The van der Waals surface area contributed by atoms with Gasteiger partial charge < -0.3 is 30.6 Å². The summed E-state index contributed by atoms with van der Waals surface area (Å²) in [6.07, 6.45) is -0.628. The number of carbonyl (C=O) groups is 3. The number of nitrogens with two attached hydrogens (primary N) is 1. The number of hydrogen-bond acceptors (Lipinski definition) is 7. The van der Waals surface area contributed by atoms with Crippen LogP contribution in [0.15, 0.2) is 48.5 Å². The highest BCUT2D eigenvalue weighted by Crippen LogP contribution is 2.17. The highest BCUT2D eigenvalue weighted by atomic mass is 16.7. The van der Waals surface area contributed by atoms with Gasteiger partial charge in [0.25, 0.3) is 0 Å². The van der Waals surface area contributed by atoms with Crippen molar-refractivity contribution in [3.05, 3.63) is 59.7 Å². The quantitative estimate of drug-likeness (QED) is 0.319. The van der Waals surface area contributed by atoms with Crippen molar-refractivity contribution in [2.75, 3.05) is 43.6 Å². The Bertz CT molecular complexity index is 927. The van der Waals surface area contributed by atoms with Crippen molar-refractivity contribution in [2.45, 2.75) is 26.7 Å². The molecule has 0 saturated heterocycles. The molecule has 2 rings (SSSR count). The second-order valence-corrected chi connectivity index (χ2v) is 7.10. The molecule has 34 heavy (non-hydrogen) atoms. The summed E-state index contributed by atoms with van der Waals surface area (Å²) >= 11 is 0. The van der Waals surface area contributed by atoms with Crippen molar-refractivity contribution in [1.82, 2.24) is 5.32 Å². The Morgan fingerprint density at radius 3 is 2.12 bits per heavy atom. The molecule has 0 saturated carbocycles. The van der Waals surface area contributed by atoms with Crippen molar-refractivity contribution in [3.8, 4) is 0 Å². The van der Waals surface area contributed by atoms with E-state index >= 15 is 0 Å². The van der Waals surface area contributed by atoms with Crippen LogP contribution in [0.3, 0.4) is 0 Å². The second kappa shape index (κ2) is 13.9. The number of urea groups is 1. The smallest absolute Gasteiger partial charge is 0.337 e. The lowest BCUT2D eigenvalue weighted by Crippen LogP contribution is -2.47. The topological polar surface area (TPSA) is 132 Å². The fourth-order valence-electron chi connectivity index (χ4n) is 3.06. The van der Waals surface area contributed by atoms with Gasteiger partial charge in [0.1, 0.15) is 0 Å². The maximum atomic E-state index is 13.0. The van der Waals surface area contributed by atoms with E-state index in [1.807, 2.05) is 26.0 Å². The van der Waals surface area contributed by atoms with E-state index < -0.39 is 24.2 Å². The molecule has 4 N–H and O–H groups in total. The Morgan fingerprint density at radius 2 is 1.59 bits per heavy atom. The highest BCUT2D eigenvalue weighted by molar-refractivity contribution is 5.98. The molecule has 0 bridgehead atoms. The van der Waals surface area contributed by atoms with Crippen molar-refractivity contribution >= 4 is 29.3 Å². The lowest BCUT2D eigenvalue weighted by Gasteiger charge is -2.27. The predicted octanol–water partition coefficient (Wildman–Crippen LogP) is 2.49. The number of anilines is 2. The minimum Gasteiger partial charge on any atom is -0.465 e. The largest absolute Gasteiger partial charge is 0.465 e. The van der Waals surface area contributed by atoms with Gasteiger partial charge in [0.15, 0.2) is 6.29 Å². The number of rotatable bonds is 12. The summed E-state index contributed by atoms with van der Waals surface area (Å²) in [4.78, 5) is 38.3. The molecular weight excluding hydrogens is 440 g/mol. The van der Waals surface area contributed by atoms with Crippen LogP contribution in [0.1, 0.15) is 29.8 Å². The van der Waals surface area contributed by atoms with E-state index in [1.54, 1.807) is 24.3 Å². The van der Waals surface area contributed by atoms with Gasteiger partial charge in [-0.05, 0) is 55.8 Å². The van der Waals surface area contributed by atoms with E-state index in [4.69, 9.17) is 15.2 Å². The van der Waals surface area contributed by atoms with Crippen molar-refractivity contribution in [2.24, 2.45) is 5.73 Å². The average molecular weight is 473 g/mol. The summed E-state index contributed by atoms with van der Waals surface area (Å²) in [5, 5.41) is 5.29. The number of nitrogens with one attached hydrogen (secondary N) is 2. The van der Waals surface area contributed by atoms with Gasteiger partial charge in [-0.25, -0.2) is 9.59 Å². The third kappa shape index (κ3) is 8.14. The summed E-state index contributed by atoms with van der Waals surface area (Å²) < 4.78 is 15.8. The van der Waals surface area contributed by atoms with E-state index in [0.29, 0.717) is 36.7 Å². The molecule has 0 atom stereocenters. The van der Waals surface area contributed by atoms with Crippen molar-refractivity contribution in [1.29, 1.82) is 0 Å². The lowest BCUT2D eigenvalue weighted by molar-refractivity contribution is -0.128. The van der Waals surface area contributed by atoms with Gasteiger partial charge in [0, 0.05) is 31.1 Å². The first-order valence-electron chi connectivity index (χ1n) is 11.0. The molecular formula is C24H32N4O6. The maximum Gasteiger partial charge on any atom is 0.337 e. The number of hydrogen-bond donors (Lipinski definition) is 3. The van der Waals surface area contributed by atoms with Crippen LogP contribution in [-0.4, -0.2) is 57.6 Å². The first-order valence-corrected chi connectivity index (χ1v) is 11.0. The van der Waals surface area contributed by atoms with Crippen LogP contribution in [0.25, 0.3) is 0 Å². The fraction of sp³-hybridized carbons (Fsp3) is 0.375. The average Bonchev–Trinajstić information content (AvgIpc) is 2.86. The van der Waals surface area contributed by atoms with Gasteiger partial charge in [-0.3, -0.25) is 9.69 Å². The predicted molar refractivity (Wildman–Crippen MR) is 129 cm³/mol. The molecule has 0 radical (unpaired) electrons. The molecule has 0 aliphatic rings. The molecule has 0 fully saturated rings. The molecule has 10 nitrogen and oxygen atoms in total. The standard InChI is InChI=1S/C24H32N4O6/c1-4-33-22(34-5-2)16-28(20-12-6-17(14-25)7-13-20)24(31)26-15-21(29)27-19-10-8-18(9-11-19)23(30)32-3/h6-13,22H,4-5,14-16,25H2,1-3H3,(H,26,31)(H,27,29). The van der Waals surface area contributed by atoms with Crippen LogP contribution in [0.4, 0.5) is 16.2 Å². The van der Waals surface area contributed by atoms with Gasteiger partial charge in [-0.1, -0.05) is 12.1 Å². The van der Waals surface area contributed by atoms with Crippen LogP contribution in [0.2, 0.25) is 0 Å². The molecule has 184 valence electrons. The first-order chi connectivity index (χ1) is 16.4. The molecule has 0 aromatic heterocycles. The molecule has 0 unspecified atom stereocenters. The van der Waals surface area contributed by atoms with Crippen LogP contribution in [0.5, 0.6) is 0 Å². The summed E-state index contributed by atoms with van der Waals surface area (Å²) in [6.45, 7) is 4.78. The number of amides is 3. The zero-order valence-electron chi connectivity index (χ0n) is 19.7. The van der Waals surface area contributed by atoms with E-state index in [9.17, 15) is 14.4 Å². The monoisotopic (exact) mass is 472 g/mol. The van der Waals surface area contributed by atoms with Crippen LogP contribution >= 0.6 is 0 Å². The minimum absolute atomic E-state index is 0.131. The Balaban J connectivity index is 2.04. The Hall–Kier alpha value is -3.47. The first kappa shape index (κ1) is 26.8. The zero-order chi connectivity index (χ0) is 24.9. The van der Waals surface area contributed by atoms with Crippen LogP contribution < -0.4 is 21.3 Å². The Morgan fingerprint density at radius 1 is 0.971 bits per heavy atom.